The van der Waals surface area contributed by atoms with Crippen LogP contribution in [0, 0.1) is 6.92 Å². The van der Waals surface area contributed by atoms with Crippen molar-refractivity contribution in [3.05, 3.63) is 129 Å². The van der Waals surface area contributed by atoms with E-state index in [9.17, 15) is 9.59 Å². The lowest BCUT2D eigenvalue weighted by Gasteiger charge is -2.13. The molecule has 0 amide bonds. The van der Waals surface area contributed by atoms with Gasteiger partial charge in [0.1, 0.15) is 17.9 Å². The maximum atomic E-state index is 13.2. The van der Waals surface area contributed by atoms with Gasteiger partial charge in [0.2, 0.25) is 0 Å². The highest BCUT2D eigenvalue weighted by Gasteiger charge is 2.18. The molecule has 6 aromatic rings. The summed E-state index contributed by atoms with van der Waals surface area (Å²) in [5.74, 6) is -0.629. The van der Waals surface area contributed by atoms with Gasteiger partial charge in [-0.3, -0.25) is 9.78 Å². The Balaban J connectivity index is 1.46. The zero-order chi connectivity index (χ0) is 26.9. The highest BCUT2D eigenvalue weighted by Crippen LogP contribution is 2.36. The minimum atomic E-state index is -0.629. The monoisotopic (exact) mass is 531 g/mol. The van der Waals surface area contributed by atoms with Crippen molar-refractivity contribution < 1.29 is 9.53 Å². The maximum Gasteiger partial charge on any atom is 0.355 e. The number of hydrogen-bond acceptors (Lipinski definition) is 5. The second-order valence-electron chi connectivity index (χ2n) is 9.29. The number of esters is 1. The molecule has 0 atom stereocenters. The van der Waals surface area contributed by atoms with E-state index < -0.39 is 5.97 Å². The van der Waals surface area contributed by atoms with Crippen molar-refractivity contribution in [2.75, 3.05) is 0 Å². The van der Waals surface area contributed by atoms with Crippen LogP contribution in [0.1, 0.15) is 21.6 Å². The summed E-state index contributed by atoms with van der Waals surface area (Å²) < 4.78 is 5.46. The average Bonchev–Trinajstić information content (AvgIpc) is 2.96. The molecule has 0 saturated carbocycles. The van der Waals surface area contributed by atoms with Gasteiger partial charge >= 0.3 is 5.97 Å². The lowest BCUT2D eigenvalue weighted by Crippen LogP contribution is -2.14. The molecule has 0 bridgehead atoms. The predicted molar refractivity (Wildman–Crippen MR) is 154 cm³/mol. The van der Waals surface area contributed by atoms with Crippen LogP contribution in [0.4, 0.5) is 0 Å². The van der Waals surface area contributed by atoms with E-state index in [4.69, 9.17) is 21.3 Å². The van der Waals surface area contributed by atoms with E-state index in [1.165, 1.54) is 6.07 Å². The van der Waals surface area contributed by atoms with Gasteiger partial charge in [0.25, 0.3) is 0 Å². The maximum absolute atomic E-state index is 13.2. The number of fused-ring (bicyclic) bond motifs is 2. The molecule has 3 heterocycles. The minimum Gasteiger partial charge on any atom is -0.456 e. The fourth-order valence-corrected chi connectivity index (χ4v) is 4.80. The number of hydrogen-bond donors (Lipinski definition) is 1. The number of aromatic nitrogens is 3. The molecule has 0 aliphatic rings. The molecule has 3 aromatic carbocycles. The fourth-order valence-electron chi connectivity index (χ4n) is 4.53. The summed E-state index contributed by atoms with van der Waals surface area (Å²) in [6, 6.07) is 28.0. The molecule has 39 heavy (non-hydrogen) atoms. The third kappa shape index (κ3) is 4.90. The topological polar surface area (TPSA) is 84.9 Å². The zero-order valence-electron chi connectivity index (χ0n) is 20.9. The van der Waals surface area contributed by atoms with Gasteiger partial charge in [-0.25, -0.2) is 9.78 Å². The molecule has 0 aliphatic carbocycles. The number of H-pyrrole nitrogens is 1. The lowest BCUT2D eigenvalue weighted by molar-refractivity contribution is 0.0466. The molecule has 0 saturated heterocycles. The molecule has 1 N–H and O–H groups in total. The SMILES string of the molecule is Cc1ccc(COC(=O)c2cc(=O)c3cc(-c4cc(Cl)c5ncccc5c4)c(-c4ccccc4)nc3[nH]2)cc1. The summed E-state index contributed by atoms with van der Waals surface area (Å²) in [4.78, 5) is 38.3. The number of rotatable bonds is 5. The summed E-state index contributed by atoms with van der Waals surface area (Å²) in [5.41, 5.74) is 5.70. The van der Waals surface area contributed by atoms with Crippen molar-refractivity contribution >= 4 is 39.5 Å². The van der Waals surface area contributed by atoms with Crippen LogP contribution in [0.2, 0.25) is 5.02 Å². The number of carbonyl (C=O) groups excluding carboxylic acids is 1. The second kappa shape index (κ2) is 10.2. The molecule has 0 aliphatic heterocycles. The summed E-state index contributed by atoms with van der Waals surface area (Å²) in [5, 5.41) is 1.73. The van der Waals surface area contributed by atoms with Crippen LogP contribution in [0.5, 0.6) is 0 Å². The largest absolute Gasteiger partial charge is 0.456 e. The predicted octanol–water partition coefficient (Wildman–Crippen LogP) is 7.12. The van der Waals surface area contributed by atoms with Crippen LogP contribution in [0.25, 0.3) is 44.3 Å². The normalized spacial score (nSPS) is 11.1. The van der Waals surface area contributed by atoms with Crippen LogP contribution in [0.15, 0.2) is 102 Å². The lowest BCUT2D eigenvalue weighted by atomic mass is 9.96. The van der Waals surface area contributed by atoms with Gasteiger partial charge in [-0.15, -0.1) is 0 Å². The Kier molecular flexibility index (Phi) is 6.39. The van der Waals surface area contributed by atoms with Crippen molar-refractivity contribution in [1.29, 1.82) is 0 Å². The van der Waals surface area contributed by atoms with Crippen LogP contribution in [-0.2, 0) is 11.3 Å². The number of nitrogens with one attached hydrogen (secondary N) is 1. The van der Waals surface area contributed by atoms with Crippen LogP contribution in [0.3, 0.4) is 0 Å². The quantitative estimate of drug-likeness (QED) is 0.239. The van der Waals surface area contributed by atoms with E-state index in [0.29, 0.717) is 27.3 Å². The Morgan fingerprint density at radius 2 is 1.72 bits per heavy atom. The first-order valence-electron chi connectivity index (χ1n) is 12.4. The van der Waals surface area contributed by atoms with Gasteiger partial charge in [0, 0.05) is 28.8 Å². The molecule has 6 nitrogen and oxygen atoms in total. The number of nitrogens with zero attached hydrogens (tertiary/aromatic N) is 2. The molecular formula is C32H22ClN3O3. The molecule has 0 spiro atoms. The third-order valence-electron chi connectivity index (χ3n) is 6.54. The van der Waals surface area contributed by atoms with Crippen molar-refractivity contribution in [3.8, 4) is 22.4 Å². The zero-order valence-corrected chi connectivity index (χ0v) is 21.7. The third-order valence-corrected chi connectivity index (χ3v) is 6.83. The first-order valence-corrected chi connectivity index (χ1v) is 12.7. The number of aryl methyl sites for hydroxylation is 1. The van der Waals surface area contributed by atoms with Gasteiger partial charge < -0.3 is 9.72 Å². The highest BCUT2D eigenvalue weighted by atomic mass is 35.5. The van der Waals surface area contributed by atoms with E-state index in [0.717, 1.165) is 33.2 Å². The summed E-state index contributed by atoms with van der Waals surface area (Å²) in [6.07, 6.45) is 1.70. The Morgan fingerprint density at radius 1 is 0.923 bits per heavy atom. The van der Waals surface area contributed by atoms with E-state index in [2.05, 4.69) is 9.97 Å². The molecule has 7 heteroatoms. The average molecular weight is 532 g/mol. The smallest absolute Gasteiger partial charge is 0.355 e. The summed E-state index contributed by atoms with van der Waals surface area (Å²) >= 11 is 6.60. The first-order chi connectivity index (χ1) is 19.0. The molecule has 190 valence electrons. The second-order valence-corrected chi connectivity index (χ2v) is 9.70. The molecule has 6 rings (SSSR count). The first kappa shape index (κ1) is 24.5. The molecule has 3 aromatic heterocycles. The fraction of sp³-hybridized carbons (Fsp3) is 0.0625. The van der Waals surface area contributed by atoms with E-state index >= 15 is 0 Å². The van der Waals surface area contributed by atoms with Crippen molar-refractivity contribution in [2.24, 2.45) is 0 Å². The Bertz CT molecular complexity index is 1920. The van der Waals surface area contributed by atoms with Gasteiger partial charge in [-0.05, 0) is 42.3 Å². The van der Waals surface area contributed by atoms with Crippen molar-refractivity contribution in [1.82, 2.24) is 15.0 Å². The number of pyridine rings is 3. The Hall–Kier alpha value is -4.81. The van der Waals surface area contributed by atoms with Gasteiger partial charge in [-0.1, -0.05) is 77.8 Å². The molecule has 0 unspecified atom stereocenters. The number of aromatic amines is 1. The van der Waals surface area contributed by atoms with Crippen LogP contribution in [-0.4, -0.2) is 20.9 Å². The van der Waals surface area contributed by atoms with E-state index in [1.54, 1.807) is 12.3 Å². The molecule has 0 radical (unpaired) electrons. The van der Waals surface area contributed by atoms with E-state index in [-0.39, 0.29) is 17.7 Å². The van der Waals surface area contributed by atoms with E-state index in [1.807, 2.05) is 85.8 Å². The molecule has 0 fully saturated rings. The van der Waals surface area contributed by atoms with Crippen molar-refractivity contribution in [3.63, 3.8) is 0 Å². The minimum absolute atomic E-state index is 0.0405. The van der Waals surface area contributed by atoms with Gasteiger partial charge in [-0.2, -0.15) is 0 Å². The number of ether oxygens (including phenoxy) is 1. The standard InChI is InChI=1S/C32H22ClN3O3/c1-19-9-11-20(12-10-19)18-39-32(38)27-17-28(37)25-16-24(23-14-22-8-5-13-34-30(22)26(33)15-23)29(36-31(25)35-27)21-6-3-2-4-7-21/h2-17H,18H2,1H3,(H,35,36,37). The van der Waals surface area contributed by atoms with Gasteiger partial charge in [0.05, 0.1) is 21.6 Å². The molecular weight excluding hydrogens is 510 g/mol. The van der Waals surface area contributed by atoms with Crippen LogP contribution < -0.4 is 5.43 Å². The number of benzene rings is 3. The van der Waals surface area contributed by atoms with Crippen molar-refractivity contribution in [2.45, 2.75) is 13.5 Å². The number of carbonyl (C=O) groups is 1. The summed E-state index contributed by atoms with van der Waals surface area (Å²) in [7, 11) is 0. The Labute approximate surface area is 228 Å². The highest BCUT2D eigenvalue weighted by molar-refractivity contribution is 6.35. The summed E-state index contributed by atoms with van der Waals surface area (Å²) in [6.45, 7) is 2.09. The van der Waals surface area contributed by atoms with Gasteiger partial charge in [0.15, 0.2) is 5.43 Å². The Morgan fingerprint density at radius 3 is 2.51 bits per heavy atom. The number of halogens is 1. The van der Waals surface area contributed by atoms with Crippen LogP contribution >= 0.6 is 11.6 Å².